The van der Waals surface area contributed by atoms with Crippen LogP contribution >= 0.6 is 0 Å². The van der Waals surface area contributed by atoms with Crippen LogP contribution in [-0.4, -0.2) is 26.8 Å². The summed E-state index contributed by atoms with van der Waals surface area (Å²) in [4.78, 5) is 0. The van der Waals surface area contributed by atoms with Gasteiger partial charge in [0.1, 0.15) is 0 Å². The summed E-state index contributed by atoms with van der Waals surface area (Å²) in [6, 6.07) is 0. The minimum Gasteiger partial charge on any atom is -0.383 e. The molecule has 2 nitrogen and oxygen atoms in total. The first-order valence-electron chi connectivity index (χ1n) is 7.80. The minimum atomic E-state index is 0.810. The predicted octanol–water partition coefficient (Wildman–Crippen LogP) is 3.53. The molecule has 0 bridgehead atoms. The Bertz CT molecular complexity index is 256. The van der Waals surface area contributed by atoms with Gasteiger partial charge in [0.2, 0.25) is 0 Å². The van der Waals surface area contributed by atoms with E-state index in [0.717, 1.165) is 25.0 Å². The molecule has 1 saturated carbocycles. The largest absolute Gasteiger partial charge is 0.383 e. The third-order valence-corrected chi connectivity index (χ3v) is 4.62. The number of ether oxygens (including phenoxy) is 1. The average molecular weight is 251 g/mol. The van der Waals surface area contributed by atoms with Crippen LogP contribution in [0.15, 0.2) is 11.6 Å². The van der Waals surface area contributed by atoms with Crippen LogP contribution in [0.5, 0.6) is 0 Å². The summed E-state index contributed by atoms with van der Waals surface area (Å²) in [5.74, 6) is 1.76. The maximum atomic E-state index is 5.12. The third-order valence-electron chi connectivity index (χ3n) is 4.62. The van der Waals surface area contributed by atoms with E-state index in [0.29, 0.717) is 0 Å². The van der Waals surface area contributed by atoms with Gasteiger partial charge >= 0.3 is 0 Å². The molecule has 0 aromatic heterocycles. The molecule has 1 fully saturated rings. The summed E-state index contributed by atoms with van der Waals surface area (Å²) in [7, 11) is 1.78. The van der Waals surface area contributed by atoms with Gasteiger partial charge in [-0.3, -0.25) is 0 Å². The molecule has 1 unspecified atom stereocenters. The van der Waals surface area contributed by atoms with Crippen LogP contribution < -0.4 is 5.32 Å². The van der Waals surface area contributed by atoms with Crippen molar-refractivity contribution in [2.45, 2.75) is 51.4 Å². The zero-order valence-corrected chi connectivity index (χ0v) is 11.9. The van der Waals surface area contributed by atoms with Crippen molar-refractivity contribution < 1.29 is 4.74 Å². The topological polar surface area (TPSA) is 21.3 Å². The van der Waals surface area contributed by atoms with Crippen molar-refractivity contribution in [1.29, 1.82) is 0 Å². The molecule has 2 rings (SSSR count). The molecule has 1 atom stereocenters. The predicted molar refractivity (Wildman–Crippen MR) is 76.7 cm³/mol. The quantitative estimate of drug-likeness (QED) is 0.552. The molecule has 0 radical (unpaired) electrons. The highest BCUT2D eigenvalue weighted by Gasteiger charge is 2.27. The monoisotopic (exact) mass is 251 g/mol. The zero-order chi connectivity index (χ0) is 12.6. The van der Waals surface area contributed by atoms with Gasteiger partial charge in [-0.1, -0.05) is 24.5 Å². The molecular weight excluding hydrogens is 222 g/mol. The summed E-state index contributed by atoms with van der Waals surface area (Å²) in [6.45, 7) is 2.99. The smallest absolute Gasteiger partial charge is 0.0587 e. The van der Waals surface area contributed by atoms with E-state index < -0.39 is 0 Å². The van der Waals surface area contributed by atoms with Gasteiger partial charge in [0.05, 0.1) is 6.61 Å². The highest BCUT2D eigenvalue weighted by molar-refractivity contribution is 5.12. The van der Waals surface area contributed by atoms with Crippen molar-refractivity contribution in [3.63, 3.8) is 0 Å². The molecule has 0 heterocycles. The van der Waals surface area contributed by atoms with Crippen LogP contribution in [0.2, 0.25) is 0 Å². The first-order chi connectivity index (χ1) is 8.92. The van der Waals surface area contributed by atoms with Crippen LogP contribution in [0.3, 0.4) is 0 Å². The fraction of sp³-hybridized carbons (Fsp3) is 0.875. The molecule has 2 aliphatic carbocycles. The summed E-state index contributed by atoms with van der Waals surface area (Å²) < 4.78 is 5.12. The average Bonchev–Trinajstić information content (AvgIpc) is 2.94. The van der Waals surface area contributed by atoms with E-state index >= 15 is 0 Å². The lowest BCUT2D eigenvalue weighted by Gasteiger charge is -2.29. The number of hydrogen-bond donors (Lipinski definition) is 1. The van der Waals surface area contributed by atoms with Crippen LogP contribution in [-0.2, 0) is 4.74 Å². The van der Waals surface area contributed by atoms with Gasteiger partial charge in [-0.05, 0) is 50.4 Å². The van der Waals surface area contributed by atoms with Crippen molar-refractivity contribution in [2.75, 3.05) is 26.8 Å². The molecule has 18 heavy (non-hydrogen) atoms. The van der Waals surface area contributed by atoms with Gasteiger partial charge in [-0.15, -0.1) is 0 Å². The van der Waals surface area contributed by atoms with Crippen molar-refractivity contribution in [3.8, 4) is 0 Å². The van der Waals surface area contributed by atoms with Crippen molar-refractivity contribution >= 4 is 0 Å². The Morgan fingerprint density at radius 3 is 2.78 bits per heavy atom. The van der Waals surface area contributed by atoms with Crippen LogP contribution in [0.25, 0.3) is 0 Å². The van der Waals surface area contributed by atoms with E-state index in [1.807, 2.05) is 0 Å². The number of rotatable bonds is 7. The Hall–Kier alpha value is -0.340. The molecular formula is C16H29NO. The normalized spacial score (nSPS) is 23.1. The van der Waals surface area contributed by atoms with Crippen molar-refractivity contribution in [2.24, 2.45) is 11.8 Å². The Labute approximate surface area is 112 Å². The Balaban J connectivity index is 1.87. The molecule has 0 aromatic rings. The number of allylic oxidation sites excluding steroid dienone is 1. The second kappa shape index (κ2) is 7.96. The Morgan fingerprint density at radius 1 is 1.28 bits per heavy atom. The minimum absolute atomic E-state index is 0.810. The van der Waals surface area contributed by atoms with Gasteiger partial charge in [0.25, 0.3) is 0 Å². The van der Waals surface area contributed by atoms with E-state index in [9.17, 15) is 0 Å². The molecule has 0 aromatic carbocycles. The molecule has 0 spiro atoms. The highest BCUT2D eigenvalue weighted by Crippen LogP contribution is 2.37. The van der Waals surface area contributed by atoms with E-state index in [-0.39, 0.29) is 0 Å². The van der Waals surface area contributed by atoms with Crippen LogP contribution in [0, 0.1) is 11.8 Å². The molecule has 2 heteroatoms. The second-order valence-corrected chi connectivity index (χ2v) is 5.87. The number of methoxy groups -OCH3 is 1. The highest BCUT2D eigenvalue weighted by atomic mass is 16.5. The lowest BCUT2D eigenvalue weighted by Crippen LogP contribution is -2.31. The van der Waals surface area contributed by atoms with E-state index in [4.69, 9.17) is 4.74 Å². The van der Waals surface area contributed by atoms with Gasteiger partial charge in [-0.25, -0.2) is 0 Å². The first-order valence-corrected chi connectivity index (χ1v) is 7.80. The Morgan fingerprint density at radius 2 is 2.11 bits per heavy atom. The molecule has 0 aliphatic heterocycles. The molecule has 1 N–H and O–H groups in total. The molecule has 104 valence electrons. The van der Waals surface area contributed by atoms with Gasteiger partial charge in [-0.2, -0.15) is 0 Å². The first kappa shape index (κ1) is 14.1. The van der Waals surface area contributed by atoms with Crippen molar-refractivity contribution in [3.05, 3.63) is 11.6 Å². The van der Waals surface area contributed by atoms with Crippen LogP contribution in [0.1, 0.15) is 51.4 Å². The van der Waals surface area contributed by atoms with Gasteiger partial charge in [0, 0.05) is 20.2 Å². The van der Waals surface area contributed by atoms with Gasteiger partial charge < -0.3 is 10.1 Å². The number of hydrogen-bond acceptors (Lipinski definition) is 2. The second-order valence-electron chi connectivity index (χ2n) is 5.87. The summed E-state index contributed by atoms with van der Waals surface area (Å²) in [6.07, 6.45) is 13.8. The standard InChI is InChI=1S/C16H29NO/c1-18-12-11-17-13-16(15-9-5-6-10-15)14-7-3-2-4-8-14/h7,15-17H,2-6,8-13H2,1H3. The summed E-state index contributed by atoms with van der Waals surface area (Å²) in [5, 5.41) is 3.59. The maximum Gasteiger partial charge on any atom is 0.0587 e. The van der Waals surface area contributed by atoms with Crippen molar-refractivity contribution in [1.82, 2.24) is 5.32 Å². The maximum absolute atomic E-state index is 5.12. The van der Waals surface area contributed by atoms with Crippen LogP contribution in [0.4, 0.5) is 0 Å². The summed E-state index contributed by atoms with van der Waals surface area (Å²) >= 11 is 0. The fourth-order valence-corrected chi connectivity index (χ4v) is 3.59. The fourth-order valence-electron chi connectivity index (χ4n) is 3.59. The lowest BCUT2D eigenvalue weighted by molar-refractivity contribution is 0.196. The lowest BCUT2D eigenvalue weighted by atomic mass is 9.80. The molecule has 0 amide bonds. The third kappa shape index (κ3) is 4.10. The van der Waals surface area contributed by atoms with E-state index in [2.05, 4.69) is 11.4 Å². The van der Waals surface area contributed by atoms with E-state index in [1.165, 1.54) is 57.9 Å². The Kier molecular flexibility index (Phi) is 6.22. The molecule has 2 aliphatic rings. The summed E-state index contributed by atoms with van der Waals surface area (Å²) in [5.41, 5.74) is 1.76. The molecule has 0 saturated heterocycles. The SMILES string of the molecule is COCCNCC(C1=CCCCC1)C1CCCC1. The van der Waals surface area contributed by atoms with Gasteiger partial charge in [0.15, 0.2) is 0 Å². The van der Waals surface area contributed by atoms with E-state index in [1.54, 1.807) is 12.7 Å². The number of nitrogens with one attached hydrogen (secondary N) is 1. The zero-order valence-electron chi connectivity index (χ0n) is 11.9.